The fourth-order valence-electron chi connectivity index (χ4n) is 3.89. The lowest BCUT2D eigenvalue weighted by molar-refractivity contribution is 0.208. The molecule has 0 bridgehead atoms. The minimum atomic E-state index is -0.189. The van der Waals surface area contributed by atoms with Gasteiger partial charge in [0.15, 0.2) is 17.3 Å². The maximum atomic E-state index is 12.8. The number of hydrogen-bond donors (Lipinski definition) is 1. The highest BCUT2D eigenvalue weighted by atomic mass is 16.5. The molecule has 2 amide bonds. The summed E-state index contributed by atoms with van der Waals surface area (Å²) in [6.07, 6.45) is 0. The van der Waals surface area contributed by atoms with Gasteiger partial charge in [-0.2, -0.15) is 0 Å². The zero-order valence-electron chi connectivity index (χ0n) is 20.3. The number of hydrogen-bond acceptors (Lipinski definition) is 8. The van der Waals surface area contributed by atoms with E-state index in [1.807, 2.05) is 30.3 Å². The minimum absolute atomic E-state index is 0.189. The monoisotopic (exact) mass is 479 g/mol. The predicted molar refractivity (Wildman–Crippen MR) is 133 cm³/mol. The molecule has 1 saturated heterocycles. The van der Waals surface area contributed by atoms with E-state index in [1.165, 1.54) is 0 Å². The Labute approximate surface area is 204 Å². The number of benzene rings is 2. The van der Waals surface area contributed by atoms with Crippen molar-refractivity contribution >= 4 is 17.5 Å². The second kappa shape index (κ2) is 10.8. The first-order chi connectivity index (χ1) is 17.1. The number of carbonyl (C=O) groups is 1. The van der Waals surface area contributed by atoms with Crippen molar-refractivity contribution in [2.24, 2.45) is 0 Å². The van der Waals surface area contributed by atoms with Crippen molar-refractivity contribution in [1.82, 2.24) is 15.1 Å². The summed E-state index contributed by atoms with van der Waals surface area (Å²) in [5, 5.41) is 11.7. The first-order valence-electron chi connectivity index (χ1n) is 11.1. The average molecular weight is 480 g/mol. The molecule has 184 valence electrons. The maximum Gasteiger partial charge on any atom is 0.322 e. The van der Waals surface area contributed by atoms with E-state index in [-0.39, 0.29) is 6.03 Å². The summed E-state index contributed by atoms with van der Waals surface area (Å²) >= 11 is 0. The summed E-state index contributed by atoms with van der Waals surface area (Å²) < 4.78 is 21.3. The standard InChI is InChI=1S/C25H29N5O5/c1-32-18-6-9-21(33-2)20(16-18)26-25(31)30-13-11-29(12-14-30)24-10-7-19(27-28-24)17-5-8-22(34-3)23(15-17)35-4/h5-10,15-16H,11-14H2,1-4H3,(H,26,31). The molecule has 3 aromatic rings. The number of urea groups is 1. The summed E-state index contributed by atoms with van der Waals surface area (Å²) in [6, 6.07) is 14.6. The molecule has 10 heteroatoms. The van der Waals surface area contributed by atoms with Gasteiger partial charge in [0.05, 0.1) is 39.8 Å². The van der Waals surface area contributed by atoms with Crippen LogP contribution in [0.25, 0.3) is 11.3 Å². The van der Waals surface area contributed by atoms with Crippen LogP contribution >= 0.6 is 0 Å². The Kier molecular flexibility index (Phi) is 7.39. The normalized spacial score (nSPS) is 13.3. The molecular weight excluding hydrogens is 450 g/mol. The van der Waals surface area contributed by atoms with E-state index in [2.05, 4.69) is 20.4 Å². The molecular formula is C25H29N5O5. The molecule has 35 heavy (non-hydrogen) atoms. The Morgan fingerprint density at radius 3 is 2.11 bits per heavy atom. The highest BCUT2D eigenvalue weighted by molar-refractivity contribution is 5.91. The van der Waals surface area contributed by atoms with Crippen molar-refractivity contribution in [2.45, 2.75) is 0 Å². The maximum absolute atomic E-state index is 12.8. The Morgan fingerprint density at radius 1 is 0.771 bits per heavy atom. The van der Waals surface area contributed by atoms with Crippen LogP contribution in [0.5, 0.6) is 23.0 Å². The van der Waals surface area contributed by atoms with Gasteiger partial charge in [-0.1, -0.05) is 0 Å². The molecule has 0 spiro atoms. The van der Waals surface area contributed by atoms with Gasteiger partial charge in [-0.15, -0.1) is 10.2 Å². The zero-order chi connectivity index (χ0) is 24.8. The molecule has 1 N–H and O–H groups in total. The Hall–Kier alpha value is -4.21. The third kappa shape index (κ3) is 5.32. The summed E-state index contributed by atoms with van der Waals surface area (Å²) in [4.78, 5) is 16.7. The molecule has 0 atom stereocenters. The smallest absolute Gasteiger partial charge is 0.322 e. The van der Waals surface area contributed by atoms with Crippen LogP contribution in [0.15, 0.2) is 48.5 Å². The number of ether oxygens (including phenoxy) is 4. The van der Waals surface area contributed by atoms with E-state index in [4.69, 9.17) is 18.9 Å². The lowest BCUT2D eigenvalue weighted by atomic mass is 10.1. The average Bonchev–Trinajstić information content (AvgIpc) is 2.92. The van der Waals surface area contributed by atoms with Crippen LogP contribution in [-0.2, 0) is 0 Å². The summed E-state index contributed by atoms with van der Waals surface area (Å²) in [5.74, 6) is 3.27. The van der Waals surface area contributed by atoms with E-state index in [0.29, 0.717) is 54.9 Å². The molecule has 1 aliphatic heterocycles. The molecule has 2 aromatic carbocycles. The predicted octanol–water partition coefficient (Wildman–Crippen LogP) is 3.53. The molecule has 10 nitrogen and oxygen atoms in total. The Bertz CT molecular complexity index is 1160. The number of amides is 2. The van der Waals surface area contributed by atoms with Crippen LogP contribution in [0, 0.1) is 0 Å². The largest absolute Gasteiger partial charge is 0.497 e. The Morgan fingerprint density at radius 2 is 1.49 bits per heavy atom. The van der Waals surface area contributed by atoms with Crippen molar-refractivity contribution in [3.63, 3.8) is 0 Å². The van der Waals surface area contributed by atoms with Crippen LogP contribution in [0.2, 0.25) is 0 Å². The molecule has 0 saturated carbocycles. The number of nitrogens with one attached hydrogen (secondary N) is 1. The van der Waals surface area contributed by atoms with E-state index in [0.717, 1.165) is 17.1 Å². The van der Waals surface area contributed by atoms with Gasteiger partial charge in [-0.3, -0.25) is 0 Å². The summed E-state index contributed by atoms with van der Waals surface area (Å²) in [5.41, 5.74) is 2.19. The van der Waals surface area contributed by atoms with Gasteiger partial charge < -0.3 is 34.1 Å². The topological polar surface area (TPSA) is 98.3 Å². The number of methoxy groups -OCH3 is 4. The van der Waals surface area contributed by atoms with Crippen LogP contribution < -0.4 is 29.2 Å². The fraction of sp³-hybridized carbons (Fsp3) is 0.320. The second-order valence-electron chi connectivity index (χ2n) is 7.82. The zero-order valence-corrected chi connectivity index (χ0v) is 20.3. The summed E-state index contributed by atoms with van der Waals surface area (Å²) in [6.45, 7) is 2.40. The van der Waals surface area contributed by atoms with Gasteiger partial charge in [0.25, 0.3) is 0 Å². The Balaban J connectivity index is 1.37. The first-order valence-corrected chi connectivity index (χ1v) is 11.1. The van der Waals surface area contributed by atoms with E-state index < -0.39 is 0 Å². The molecule has 4 rings (SSSR count). The van der Waals surface area contributed by atoms with E-state index in [1.54, 1.807) is 51.5 Å². The first kappa shape index (κ1) is 23.9. The number of piperazine rings is 1. The number of rotatable bonds is 7. The van der Waals surface area contributed by atoms with Gasteiger partial charge in [0.2, 0.25) is 0 Å². The molecule has 1 aliphatic rings. The number of carbonyl (C=O) groups excluding carboxylic acids is 1. The van der Waals surface area contributed by atoms with Crippen molar-refractivity contribution in [3.05, 3.63) is 48.5 Å². The SMILES string of the molecule is COc1ccc(OC)c(NC(=O)N2CCN(c3ccc(-c4ccc(OC)c(OC)c4)nn3)CC2)c1. The second-order valence-corrected chi connectivity index (χ2v) is 7.82. The number of anilines is 2. The van der Waals surface area contributed by atoms with Gasteiger partial charge in [-0.25, -0.2) is 4.79 Å². The molecule has 1 aromatic heterocycles. The molecule has 0 unspecified atom stereocenters. The lowest BCUT2D eigenvalue weighted by Gasteiger charge is -2.35. The third-order valence-electron chi connectivity index (χ3n) is 5.87. The van der Waals surface area contributed by atoms with Crippen molar-refractivity contribution in [1.29, 1.82) is 0 Å². The quantitative estimate of drug-likeness (QED) is 0.550. The minimum Gasteiger partial charge on any atom is -0.497 e. The van der Waals surface area contributed by atoms with Gasteiger partial charge >= 0.3 is 6.03 Å². The van der Waals surface area contributed by atoms with Crippen LogP contribution in [0.3, 0.4) is 0 Å². The molecule has 0 radical (unpaired) electrons. The van der Waals surface area contributed by atoms with Crippen LogP contribution in [0.1, 0.15) is 0 Å². The van der Waals surface area contributed by atoms with Gasteiger partial charge in [0, 0.05) is 37.8 Å². The number of nitrogens with zero attached hydrogens (tertiary/aromatic N) is 4. The molecule has 2 heterocycles. The van der Waals surface area contributed by atoms with Crippen molar-refractivity contribution in [2.75, 3.05) is 64.8 Å². The van der Waals surface area contributed by atoms with Crippen LogP contribution in [0.4, 0.5) is 16.3 Å². The molecule has 1 fully saturated rings. The van der Waals surface area contributed by atoms with Crippen molar-refractivity contribution < 1.29 is 23.7 Å². The van der Waals surface area contributed by atoms with E-state index in [9.17, 15) is 4.79 Å². The fourth-order valence-corrected chi connectivity index (χ4v) is 3.89. The van der Waals surface area contributed by atoms with Crippen LogP contribution in [-0.4, -0.2) is 75.7 Å². The van der Waals surface area contributed by atoms with Crippen molar-refractivity contribution in [3.8, 4) is 34.3 Å². The highest BCUT2D eigenvalue weighted by Crippen LogP contribution is 2.32. The lowest BCUT2D eigenvalue weighted by Crippen LogP contribution is -2.50. The van der Waals surface area contributed by atoms with Gasteiger partial charge in [-0.05, 0) is 42.5 Å². The number of aromatic nitrogens is 2. The third-order valence-corrected chi connectivity index (χ3v) is 5.87. The highest BCUT2D eigenvalue weighted by Gasteiger charge is 2.23. The molecule has 0 aliphatic carbocycles. The van der Waals surface area contributed by atoms with Gasteiger partial charge in [0.1, 0.15) is 11.5 Å². The summed E-state index contributed by atoms with van der Waals surface area (Å²) in [7, 11) is 6.35. The van der Waals surface area contributed by atoms with E-state index >= 15 is 0 Å².